The second kappa shape index (κ2) is 4.86. The third-order valence-corrected chi connectivity index (χ3v) is 3.84. The Balaban J connectivity index is 2.16. The molecule has 0 spiro atoms. The highest BCUT2D eigenvalue weighted by atomic mass is 35.5. The van der Waals surface area contributed by atoms with Crippen LogP contribution in [0.5, 0.6) is 11.8 Å². The number of fused-ring (bicyclic) bond motifs is 1. The van der Waals surface area contributed by atoms with E-state index in [2.05, 4.69) is 0 Å². The number of carboxylic acid groups (broad SMARTS) is 1. The first-order valence-corrected chi connectivity index (χ1v) is 6.69. The number of hydrogen-bond donors (Lipinski definition) is 3. The third kappa shape index (κ3) is 2.15. The topological polar surface area (TPSA) is 82.7 Å². The molecule has 0 atom stereocenters. The molecule has 5 nitrogen and oxygen atoms in total. The first-order chi connectivity index (χ1) is 9.99. The molecular formula is C15H12ClNO4. The summed E-state index contributed by atoms with van der Waals surface area (Å²) >= 11 is 5.97. The lowest BCUT2D eigenvalue weighted by atomic mass is 10.0. The zero-order valence-corrected chi connectivity index (χ0v) is 11.6. The van der Waals surface area contributed by atoms with E-state index in [1.807, 2.05) is 0 Å². The molecule has 108 valence electrons. The maximum Gasteiger partial charge on any atom is 0.335 e. The first kappa shape index (κ1) is 13.6. The highest BCUT2D eigenvalue weighted by Gasteiger charge is 2.25. The summed E-state index contributed by atoms with van der Waals surface area (Å²) in [5.74, 6) is -1.28. The Morgan fingerprint density at radius 3 is 2.62 bits per heavy atom. The maximum atomic E-state index is 11.0. The average molecular weight is 306 g/mol. The molecule has 3 N–H and O–H groups in total. The lowest BCUT2D eigenvalue weighted by Gasteiger charge is -2.08. The molecule has 3 rings (SSSR count). The second-order valence-electron chi connectivity index (χ2n) is 4.83. The summed E-state index contributed by atoms with van der Waals surface area (Å²) in [5.41, 5.74) is 1.64. The van der Waals surface area contributed by atoms with Crippen molar-refractivity contribution >= 4 is 17.6 Å². The number of nitrogens with zero attached hydrogens (tertiary/aromatic N) is 1. The molecule has 0 radical (unpaired) electrons. The standard InChI is InChI=1S/C15H12ClNO4/c16-9-4-5-11-12(7-9)14(19)17(13(11)18)10-3-1-2-8(6-10)15(20)21/h1-4,6,18-19H,5,7H2,(H,20,21). The predicted octanol–water partition coefficient (Wildman–Crippen LogP) is 2.81. The van der Waals surface area contributed by atoms with Crippen molar-refractivity contribution in [1.29, 1.82) is 0 Å². The van der Waals surface area contributed by atoms with Crippen molar-refractivity contribution in [2.24, 2.45) is 0 Å². The summed E-state index contributed by atoms with van der Waals surface area (Å²) in [7, 11) is 0. The number of aromatic carboxylic acids is 1. The number of carbonyl (C=O) groups is 1. The molecule has 0 aliphatic heterocycles. The molecule has 1 aromatic carbocycles. The smallest absolute Gasteiger partial charge is 0.335 e. The number of aromatic nitrogens is 1. The van der Waals surface area contributed by atoms with Crippen LogP contribution in [0, 0.1) is 0 Å². The Labute approximate surface area is 125 Å². The molecule has 1 aromatic heterocycles. The van der Waals surface area contributed by atoms with Crippen molar-refractivity contribution in [2.75, 3.05) is 0 Å². The van der Waals surface area contributed by atoms with Gasteiger partial charge in [0, 0.05) is 22.6 Å². The third-order valence-electron chi connectivity index (χ3n) is 3.55. The Kier molecular flexibility index (Phi) is 3.14. The van der Waals surface area contributed by atoms with Crippen molar-refractivity contribution in [3.8, 4) is 17.4 Å². The summed E-state index contributed by atoms with van der Waals surface area (Å²) < 4.78 is 1.24. The number of carboxylic acids is 1. The number of allylic oxidation sites excluding steroid dienone is 2. The molecule has 1 aliphatic rings. The fourth-order valence-corrected chi connectivity index (χ4v) is 2.73. The van der Waals surface area contributed by atoms with Gasteiger partial charge in [-0.1, -0.05) is 23.7 Å². The van der Waals surface area contributed by atoms with E-state index in [9.17, 15) is 15.0 Å². The van der Waals surface area contributed by atoms with E-state index in [1.165, 1.54) is 16.7 Å². The summed E-state index contributed by atoms with van der Waals surface area (Å²) in [5, 5.41) is 30.3. The molecule has 0 amide bonds. The van der Waals surface area contributed by atoms with Crippen LogP contribution in [-0.2, 0) is 12.8 Å². The minimum atomic E-state index is -1.07. The highest BCUT2D eigenvalue weighted by molar-refractivity contribution is 6.29. The molecule has 0 fully saturated rings. The van der Waals surface area contributed by atoms with Gasteiger partial charge in [-0.05, 0) is 24.6 Å². The van der Waals surface area contributed by atoms with Gasteiger partial charge in [-0.2, -0.15) is 0 Å². The summed E-state index contributed by atoms with van der Waals surface area (Å²) in [4.78, 5) is 11.0. The molecule has 21 heavy (non-hydrogen) atoms. The number of rotatable bonds is 2. The van der Waals surface area contributed by atoms with Crippen LogP contribution in [-0.4, -0.2) is 25.9 Å². The zero-order valence-electron chi connectivity index (χ0n) is 10.9. The Morgan fingerprint density at radius 2 is 1.90 bits per heavy atom. The van der Waals surface area contributed by atoms with Crippen LogP contribution >= 0.6 is 11.6 Å². The van der Waals surface area contributed by atoms with Gasteiger partial charge in [-0.15, -0.1) is 0 Å². The summed E-state index contributed by atoms with van der Waals surface area (Å²) in [6.07, 6.45) is 2.56. The SMILES string of the molecule is O=C(O)c1cccc(-n2c(O)c3c(c2O)CC(Cl)=CC3)c1. The minimum Gasteiger partial charge on any atom is -0.494 e. The maximum absolute atomic E-state index is 11.0. The highest BCUT2D eigenvalue weighted by Crippen LogP contribution is 2.41. The van der Waals surface area contributed by atoms with Gasteiger partial charge >= 0.3 is 5.97 Å². The molecule has 6 heteroatoms. The van der Waals surface area contributed by atoms with E-state index >= 15 is 0 Å². The van der Waals surface area contributed by atoms with E-state index in [1.54, 1.807) is 18.2 Å². The second-order valence-corrected chi connectivity index (χ2v) is 5.31. The number of hydrogen-bond acceptors (Lipinski definition) is 3. The van der Waals surface area contributed by atoms with E-state index in [4.69, 9.17) is 16.7 Å². The predicted molar refractivity (Wildman–Crippen MR) is 77.4 cm³/mol. The van der Waals surface area contributed by atoms with Gasteiger partial charge in [0.15, 0.2) is 0 Å². The van der Waals surface area contributed by atoms with Gasteiger partial charge in [0.2, 0.25) is 11.8 Å². The van der Waals surface area contributed by atoms with Crippen molar-refractivity contribution in [3.63, 3.8) is 0 Å². The van der Waals surface area contributed by atoms with Crippen molar-refractivity contribution in [3.05, 3.63) is 52.1 Å². The molecule has 0 bridgehead atoms. The van der Waals surface area contributed by atoms with Crippen molar-refractivity contribution in [1.82, 2.24) is 4.57 Å². The molecular weight excluding hydrogens is 294 g/mol. The first-order valence-electron chi connectivity index (χ1n) is 6.31. The molecule has 1 aliphatic carbocycles. The van der Waals surface area contributed by atoms with E-state index in [-0.39, 0.29) is 17.3 Å². The van der Waals surface area contributed by atoms with Gasteiger partial charge in [0.1, 0.15) is 0 Å². The quantitative estimate of drug-likeness (QED) is 0.796. The molecule has 1 heterocycles. The number of halogens is 1. The number of aromatic hydroxyl groups is 2. The molecule has 0 saturated carbocycles. The summed E-state index contributed by atoms with van der Waals surface area (Å²) in [6.45, 7) is 0. The molecule has 2 aromatic rings. The minimum absolute atomic E-state index is 0.0779. The van der Waals surface area contributed by atoms with Gasteiger partial charge in [-0.3, -0.25) is 4.57 Å². The van der Waals surface area contributed by atoms with E-state index in [0.717, 1.165) is 0 Å². The Morgan fingerprint density at radius 1 is 1.19 bits per heavy atom. The fraction of sp³-hybridized carbons (Fsp3) is 0.133. The molecule has 0 saturated heterocycles. The largest absolute Gasteiger partial charge is 0.494 e. The zero-order chi connectivity index (χ0) is 15.1. The van der Waals surface area contributed by atoms with Crippen LogP contribution in [0.25, 0.3) is 5.69 Å². The van der Waals surface area contributed by atoms with Crippen molar-refractivity contribution in [2.45, 2.75) is 12.8 Å². The van der Waals surface area contributed by atoms with Crippen molar-refractivity contribution < 1.29 is 20.1 Å². The van der Waals surface area contributed by atoms with E-state index < -0.39 is 5.97 Å². The van der Waals surface area contributed by atoms with Crippen LogP contribution < -0.4 is 0 Å². The van der Waals surface area contributed by atoms with Gasteiger partial charge in [0.05, 0.1) is 11.3 Å². The lowest BCUT2D eigenvalue weighted by molar-refractivity contribution is 0.0696. The van der Waals surface area contributed by atoms with Gasteiger partial charge in [0.25, 0.3) is 0 Å². The molecule has 0 unspecified atom stereocenters. The average Bonchev–Trinajstić information content (AvgIpc) is 2.70. The van der Waals surface area contributed by atoms with Crippen LogP contribution in [0.15, 0.2) is 35.4 Å². The fourth-order valence-electron chi connectivity index (χ4n) is 2.52. The normalized spacial score (nSPS) is 13.7. The summed E-state index contributed by atoms with van der Waals surface area (Å²) in [6, 6.07) is 6.01. The number of benzene rings is 1. The van der Waals surface area contributed by atoms with Crippen LogP contribution in [0.2, 0.25) is 0 Å². The van der Waals surface area contributed by atoms with Crippen LogP contribution in [0.1, 0.15) is 21.5 Å². The van der Waals surface area contributed by atoms with E-state index in [0.29, 0.717) is 34.7 Å². The Bertz CT molecular complexity index is 776. The lowest BCUT2D eigenvalue weighted by Crippen LogP contribution is -1.99. The van der Waals surface area contributed by atoms with Gasteiger partial charge < -0.3 is 15.3 Å². The monoisotopic (exact) mass is 305 g/mol. The van der Waals surface area contributed by atoms with Crippen LogP contribution in [0.4, 0.5) is 0 Å². The van der Waals surface area contributed by atoms with Crippen LogP contribution in [0.3, 0.4) is 0 Å². The van der Waals surface area contributed by atoms with Gasteiger partial charge in [-0.25, -0.2) is 4.79 Å². The Hall–Kier alpha value is -2.40.